The van der Waals surface area contributed by atoms with E-state index in [1.165, 1.54) is 46.4 Å². The van der Waals surface area contributed by atoms with Crippen molar-refractivity contribution in [1.29, 1.82) is 0 Å². The van der Waals surface area contributed by atoms with E-state index in [1.54, 1.807) is 12.1 Å². The predicted octanol–water partition coefficient (Wildman–Crippen LogP) is 2.82. The fraction of sp³-hybridized carbons (Fsp3) is 0.118. The number of carbonyl (C=O) groups is 1. The number of amides is 1. The molecular formula is C17H14N4O4S. The van der Waals surface area contributed by atoms with Crippen LogP contribution in [0.5, 0.6) is 0 Å². The van der Waals surface area contributed by atoms with Crippen molar-refractivity contribution in [2.75, 3.05) is 5.32 Å². The predicted molar refractivity (Wildman–Crippen MR) is 97.7 cm³/mol. The highest BCUT2D eigenvalue weighted by Crippen LogP contribution is 2.16. The van der Waals surface area contributed by atoms with Gasteiger partial charge in [0, 0.05) is 29.8 Å². The summed E-state index contributed by atoms with van der Waals surface area (Å²) in [5, 5.41) is 15.7. The first-order chi connectivity index (χ1) is 12.4. The molecule has 8 nitrogen and oxygen atoms in total. The quantitative estimate of drug-likeness (QED) is 0.549. The minimum atomic E-state index is -0.485. The molecule has 0 aliphatic heterocycles. The summed E-state index contributed by atoms with van der Waals surface area (Å²) in [6.07, 6.45) is 1.46. The molecule has 3 rings (SSSR count). The SMILES string of the molecule is Cc1csc(NC(=O)c2ccc(=O)n(Cc3ccc([N+](=O)[O-])cc3)c2)n1. The third-order valence-corrected chi connectivity index (χ3v) is 4.46. The molecule has 1 amide bonds. The summed E-state index contributed by atoms with van der Waals surface area (Å²) in [5.41, 5.74) is 1.55. The summed E-state index contributed by atoms with van der Waals surface area (Å²) in [7, 11) is 0. The Morgan fingerprint density at radius 1 is 1.27 bits per heavy atom. The number of non-ortho nitro benzene ring substituents is 1. The summed E-state index contributed by atoms with van der Waals surface area (Å²) in [5.74, 6) is -0.364. The van der Waals surface area contributed by atoms with Gasteiger partial charge in [0.25, 0.3) is 17.2 Å². The average molecular weight is 370 g/mol. The Labute approximate surface area is 151 Å². The molecule has 0 aliphatic carbocycles. The van der Waals surface area contributed by atoms with Crippen LogP contribution in [0.2, 0.25) is 0 Å². The van der Waals surface area contributed by atoms with Crippen molar-refractivity contribution in [1.82, 2.24) is 9.55 Å². The van der Waals surface area contributed by atoms with Gasteiger partial charge in [-0.25, -0.2) is 4.98 Å². The van der Waals surface area contributed by atoms with E-state index in [0.717, 1.165) is 5.69 Å². The highest BCUT2D eigenvalue weighted by atomic mass is 32.1. The van der Waals surface area contributed by atoms with Crippen molar-refractivity contribution in [3.8, 4) is 0 Å². The third kappa shape index (κ3) is 4.01. The minimum absolute atomic E-state index is 0.0204. The van der Waals surface area contributed by atoms with E-state index in [0.29, 0.717) is 16.3 Å². The summed E-state index contributed by atoms with van der Waals surface area (Å²) in [4.78, 5) is 38.8. The molecule has 0 bridgehead atoms. The minimum Gasteiger partial charge on any atom is -0.310 e. The van der Waals surface area contributed by atoms with Crippen LogP contribution in [0.3, 0.4) is 0 Å². The molecule has 0 fully saturated rings. The molecule has 0 saturated carbocycles. The zero-order valence-corrected chi connectivity index (χ0v) is 14.5. The monoisotopic (exact) mass is 370 g/mol. The topological polar surface area (TPSA) is 107 Å². The van der Waals surface area contributed by atoms with Gasteiger partial charge in [-0.15, -0.1) is 11.3 Å². The number of nitrogens with zero attached hydrogens (tertiary/aromatic N) is 3. The number of aryl methyl sites for hydroxylation is 1. The number of thiazole rings is 1. The van der Waals surface area contributed by atoms with E-state index in [2.05, 4.69) is 10.3 Å². The molecule has 0 saturated heterocycles. The maximum Gasteiger partial charge on any atom is 0.269 e. The maximum absolute atomic E-state index is 12.3. The number of hydrogen-bond acceptors (Lipinski definition) is 6. The van der Waals surface area contributed by atoms with Crippen LogP contribution in [0.4, 0.5) is 10.8 Å². The highest BCUT2D eigenvalue weighted by molar-refractivity contribution is 7.13. The number of carbonyl (C=O) groups excluding carboxylic acids is 1. The van der Waals surface area contributed by atoms with Gasteiger partial charge in [-0.1, -0.05) is 12.1 Å². The van der Waals surface area contributed by atoms with Crippen molar-refractivity contribution in [2.45, 2.75) is 13.5 Å². The molecule has 9 heteroatoms. The van der Waals surface area contributed by atoms with Crippen LogP contribution in [-0.2, 0) is 6.54 Å². The molecule has 2 heterocycles. The average Bonchev–Trinajstić information content (AvgIpc) is 3.02. The number of nitrogens with one attached hydrogen (secondary N) is 1. The number of nitro groups is 1. The number of nitro benzene ring substituents is 1. The van der Waals surface area contributed by atoms with Gasteiger partial charge >= 0.3 is 0 Å². The molecule has 2 aromatic heterocycles. The lowest BCUT2D eigenvalue weighted by Crippen LogP contribution is -2.22. The van der Waals surface area contributed by atoms with Gasteiger partial charge in [-0.3, -0.25) is 25.0 Å². The Kier molecular flexibility index (Phi) is 4.90. The Hall–Kier alpha value is -3.33. The summed E-state index contributed by atoms with van der Waals surface area (Å²) < 4.78 is 1.38. The zero-order valence-electron chi connectivity index (χ0n) is 13.7. The van der Waals surface area contributed by atoms with Crippen molar-refractivity contribution >= 4 is 28.1 Å². The molecule has 1 N–H and O–H groups in total. The van der Waals surface area contributed by atoms with Crippen LogP contribution in [0, 0.1) is 17.0 Å². The Balaban J connectivity index is 1.79. The first-order valence-electron chi connectivity index (χ1n) is 7.60. The molecule has 0 spiro atoms. The molecular weight excluding hydrogens is 356 g/mol. The van der Waals surface area contributed by atoms with E-state index in [9.17, 15) is 19.7 Å². The van der Waals surface area contributed by atoms with Gasteiger partial charge in [0.15, 0.2) is 5.13 Å². The van der Waals surface area contributed by atoms with E-state index in [4.69, 9.17) is 0 Å². The summed E-state index contributed by atoms with van der Waals surface area (Å²) in [6.45, 7) is 2.03. The Morgan fingerprint density at radius 3 is 2.62 bits per heavy atom. The number of pyridine rings is 1. The normalized spacial score (nSPS) is 10.5. The molecule has 0 unspecified atom stereocenters. The number of aromatic nitrogens is 2. The Morgan fingerprint density at radius 2 is 2.00 bits per heavy atom. The molecule has 0 radical (unpaired) electrons. The fourth-order valence-corrected chi connectivity index (χ4v) is 2.97. The van der Waals surface area contributed by atoms with E-state index >= 15 is 0 Å². The van der Waals surface area contributed by atoms with Gasteiger partial charge < -0.3 is 4.57 Å². The van der Waals surface area contributed by atoms with Gasteiger partial charge in [-0.05, 0) is 18.6 Å². The largest absolute Gasteiger partial charge is 0.310 e. The number of rotatable bonds is 5. The number of hydrogen-bond donors (Lipinski definition) is 1. The summed E-state index contributed by atoms with van der Waals surface area (Å²) in [6, 6.07) is 8.67. The van der Waals surface area contributed by atoms with Crippen LogP contribution in [0.1, 0.15) is 21.6 Å². The van der Waals surface area contributed by atoms with Crippen molar-refractivity contribution in [3.05, 3.63) is 85.3 Å². The third-order valence-electron chi connectivity index (χ3n) is 3.59. The summed E-state index contributed by atoms with van der Waals surface area (Å²) >= 11 is 1.32. The Bertz CT molecular complexity index is 1020. The van der Waals surface area contributed by atoms with Crippen LogP contribution >= 0.6 is 11.3 Å². The van der Waals surface area contributed by atoms with E-state index < -0.39 is 4.92 Å². The number of anilines is 1. The standard InChI is InChI=1S/C17H14N4O4S/c1-11-10-26-17(18-11)19-16(23)13-4-7-15(22)20(9-13)8-12-2-5-14(6-3-12)21(24)25/h2-7,9-10H,8H2,1H3,(H,18,19,23). The molecule has 1 aromatic carbocycles. The first-order valence-corrected chi connectivity index (χ1v) is 8.47. The lowest BCUT2D eigenvalue weighted by molar-refractivity contribution is -0.384. The smallest absolute Gasteiger partial charge is 0.269 e. The second kappa shape index (κ2) is 7.28. The highest BCUT2D eigenvalue weighted by Gasteiger charge is 2.11. The van der Waals surface area contributed by atoms with Gasteiger partial charge in [-0.2, -0.15) is 0 Å². The van der Waals surface area contributed by atoms with Gasteiger partial charge in [0.2, 0.25) is 0 Å². The van der Waals surface area contributed by atoms with Crippen LogP contribution in [0.25, 0.3) is 0 Å². The van der Waals surface area contributed by atoms with Crippen molar-refractivity contribution in [2.24, 2.45) is 0 Å². The van der Waals surface area contributed by atoms with Crippen molar-refractivity contribution in [3.63, 3.8) is 0 Å². The second-order valence-electron chi connectivity index (χ2n) is 5.56. The maximum atomic E-state index is 12.3. The second-order valence-corrected chi connectivity index (χ2v) is 6.41. The van der Waals surface area contributed by atoms with E-state index in [1.807, 2.05) is 12.3 Å². The molecule has 0 aliphatic rings. The van der Waals surface area contributed by atoms with Gasteiger partial charge in [0.05, 0.1) is 22.7 Å². The molecule has 26 heavy (non-hydrogen) atoms. The fourth-order valence-electron chi connectivity index (χ4n) is 2.29. The number of benzene rings is 1. The van der Waals surface area contributed by atoms with E-state index in [-0.39, 0.29) is 23.7 Å². The van der Waals surface area contributed by atoms with Crippen LogP contribution in [0.15, 0.2) is 52.8 Å². The van der Waals surface area contributed by atoms with Gasteiger partial charge in [0.1, 0.15) is 0 Å². The lowest BCUT2D eigenvalue weighted by atomic mass is 10.2. The van der Waals surface area contributed by atoms with Crippen molar-refractivity contribution < 1.29 is 9.72 Å². The zero-order chi connectivity index (χ0) is 18.7. The van der Waals surface area contributed by atoms with Crippen LogP contribution in [-0.4, -0.2) is 20.4 Å². The molecule has 132 valence electrons. The molecule has 0 atom stereocenters. The lowest BCUT2D eigenvalue weighted by Gasteiger charge is -2.08. The van der Waals surface area contributed by atoms with Crippen LogP contribution < -0.4 is 10.9 Å². The first kappa shape index (κ1) is 17.5. The molecule has 3 aromatic rings.